The molecule has 1 N–H and O–H groups in total. The van der Waals surface area contributed by atoms with Crippen LogP contribution >= 0.6 is 39.1 Å². The molecule has 0 radical (unpaired) electrons. The summed E-state index contributed by atoms with van der Waals surface area (Å²) >= 11 is 16.7. The Bertz CT molecular complexity index is 1290. The van der Waals surface area contributed by atoms with Gasteiger partial charge in [-0.2, -0.15) is 0 Å². The van der Waals surface area contributed by atoms with E-state index in [0.29, 0.717) is 27.8 Å². The zero-order chi connectivity index (χ0) is 28.6. The Balaban J connectivity index is 1.66. The maximum atomic E-state index is 13.9. The van der Waals surface area contributed by atoms with Gasteiger partial charge in [0.25, 0.3) is 5.91 Å². The number of benzene rings is 3. The third-order valence-electron chi connectivity index (χ3n) is 7.39. The molecule has 0 saturated heterocycles. The molecule has 2 amide bonds. The Hall–Kier alpha value is -2.54. The summed E-state index contributed by atoms with van der Waals surface area (Å²) in [4.78, 5) is 29.4. The molecule has 0 aliphatic heterocycles. The normalized spacial score (nSPS) is 14.4. The van der Waals surface area contributed by atoms with Crippen LogP contribution in [0.25, 0.3) is 0 Å². The molecular weight excluding hydrogens is 611 g/mol. The second-order valence-electron chi connectivity index (χ2n) is 10.4. The fraction of sp³-hybridized carbons (Fsp3) is 0.375. The van der Waals surface area contributed by atoms with E-state index in [2.05, 4.69) is 21.2 Å². The molecule has 1 aliphatic rings. The summed E-state index contributed by atoms with van der Waals surface area (Å²) in [5, 5.41) is 4.12. The maximum absolute atomic E-state index is 13.9. The summed E-state index contributed by atoms with van der Waals surface area (Å²) < 4.78 is 6.99. The van der Waals surface area contributed by atoms with Crippen molar-refractivity contribution in [1.29, 1.82) is 0 Å². The molecule has 40 heavy (non-hydrogen) atoms. The topological polar surface area (TPSA) is 58.6 Å². The summed E-state index contributed by atoms with van der Waals surface area (Å²) in [7, 11) is 0. The minimum atomic E-state index is -0.777. The van der Waals surface area contributed by atoms with Gasteiger partial charge in [0, 0.05) is 39.1 Å². The molecule has 0 aromatic heterocycles. The first-order chi connectivity index (χ1) is 19.2. The summed E-state index contributed by atoms with van der Waals surface area (Å²) in [5.41, 5.74) is 3.57. The van der Waals surface area contributed by atoms with E-state index in [4.69, 9.17) is 27.9 Å². The van der Waals surface area contributed by atoms with E-state index in [-0.39, 0.29) is 31.0 Å². The number of aryl methyl sites for hydroxylation is 2. The second-order valence-corrected chi connectivity index (χ2v) is 12.0. The lowest BCUT2D eigenvalue weighted by atomic mass is 9.94. The summed E-state index contributed by atoms with van der Waals surface area (Å²) in [6, 6.07) is 18.1. The van der Waals surface area contributed by atoms with E-state index >= 15 is 0 Å². The summed E-state index contributed by atoms with van der Waals surface area (Å²) in [6.45, 7) is 3.80. The number of hydrogen-bond acceptors (Lipinski definition) is 3. The SMILES string of the molecule is Cc1cc(OCC(=O)N(Cc2c(Cl)cccc2Cl)[C@@H](Cc2ccccc2)C(=O)NC2CCCCC2)cc(C)c1Br. The number of carbonyl (C=O) groups excluding carboxylic acids is 2. The largest absolute Gasteiger partial charge is 0.484 e. The molecule has 0 bridgehead atoms. The molecule has 0 heterocycles. The lowest BCUT2D eigenvalue weighted by molar-refractivity contribution is -0.143. The molecule has 212 valence electrons. The molecule has 4 rings (SSSR count). The molecule has 0 unspecified atom stereocenters. The van der Waals surface area contributed by atoms with Crippen LogP contribution in [0.5, 0.6) is 5.75 Å². The fourth-order valence-corrected chi connectivity index (χ4v) is 5.92. The average Bonchev–Trinajstić information content (AvgIpc) is 2.94. The smallest absolute Gasteiger partial charge is 0.261 e. The van der Waals surface area contributed by atoms with Crippen LogP contribution in [0.4, 0.5) is 0 Å². The Morgan fingerprint density at radius 2 is 1.60 bits per heavy atom. The van der Waals surface area contributed by atoms with E-state index in [1.165, 1.54) is 6.42 Å². The number of nitrogens with one attached hydrogen (secondary N) is 1. The highest BCUT2D eigenvalue weighted by Crippen LogP contribution is 2.29. The highest BCUT2D eigenvalue weighted by atomic mass is 79.9. The van der Waals surface area contributed by atoms with Gasteiger partial charge in [-0.05, 0) is 67.6 Å². The van der Waals surface area contributed by atoms with Crippen molar-refractivity contribution in [1.82, 2.24) is 10.2 Å². The van der Waals surface area contributed by atoms with Crippen LogP contribution in [0.15, 0.2) is 65.1 Å². The quantitative estimate of drug-likeness (QED) is 0.244. The second kappa shape index (κ2) is 14.4. The van der Waals surface area contributed by atoms with Crippen molar-refractivity contribution in [3.8, 4) is 5.75 Å². The van der Waals surface area contributed by atoms with Gasteiger partial charge in [-0.15, -0.1) is 0 Å². The number of hydrogen-bond donors (Lipinski definition) is 1. The van der Waals surface area contributed by atoms with E-state index in [1.54, 1.807) is 23.1 Å². The fourth-order valence-electron chi connectivity index (χ4n) is 5.17. The van der Waals surface area contributed by atoms with E-state index in [9.17, 15) is 9.59 Å². The van der Waals surface area contributed by atoms with Crippen LogP contribution in [-0.2, 0) is 22.6 Å². The van der Waals surface area contributed by atoms with Crippen LogP contribution in [0.3, 0.4) is 0 Å². The summed E-state index contributed by atoms with van der Waals surface area (Å²) in [6.07, 6.45) is 5.60. The molecule has 1 aliphatic carbocycles. The number of halogens is 3. The van der Waals surface area contributed by atoms with Crippen molar-refractivity contribution < 1.29 is 14.3 Å². The third-order valence-corrected chi connectivity index (χ3v) is 9.34. The van der Waals surface area contributed by atoms with Gasteiger partial charge in [0.15, 0.2) is 6.61 Å². The zero-order valence-corrected chi connectivity index (χ0v) is 26.0. The number of amides is 2. The van der Waals surface area contributed by atoms with Gasteiger partial charge in [0.2, 0.25) is 5.91 Å². The van der Waals surface area contributed by atoms with Gasteiger partial charge in [-0.3, -0.25) is 9.59 Å². The first-order valence-electron chi connectivity index (χ1n) is 13.7. The van der Waals surface area contributed by atoms with E-state index in [0.717, 1.165) is 46.8 Å². The van der Waals surface area contributed by atoms with Crippen molar-refractivity contribution in [2.24, 2.45) is 0 Å². The van der Waals surface area contributed by atoms with Crippen molar-refractivity contribution in [3.63, 3.8) is 0 Å². The number of carbonyl (C=O) groups is 2. The standard InChI is InChI=1S/C32H35BrCl2N2O3/c1-21-16-25(17-22(2)31(21)33)40-20-30(38)37(19-26-27(34)14-9-15-28(26)35)29(18-23-10-5-3-6-11-23)32(39)36-24-12-7-4-8-13-24/h3,5-6,9-11,14-17,24,29H,4,7-8,12-13,18-20H2,1-2H3,(H,36,39)/t29-/m0/s1. The minimum absolute atomic E-state index is 0.0781. The highest BCUT2D eigenvalue weighted by molar-refractivity contribution is 9.10. The number of ether oxygens (including phenoxy) is 1. The minimum Gasteiger partial charge on any atom is -0.484 e. The van der Waals surface area contributed by atoms with Crippen LogP contribution in [0.2, 0.25) is 10.0 Å². The van der Waals surface area contributed by atoms with Gasteiger partial charge < -0.3 is 15.0 Å². The van der Waals surface area contributed by atoms with Gasteiger partial charge in [-0.1, -0.05) is 94.8 Å². The van der Waals surface area contributed by atoms with Gasteiger partial charge in [0.1, 0.15) is 11.8 Å². The lowest BCUT2D eigenvalue weighted by Gasteiger charge is -2.33. The molecule has 3 aromatic rings. The Kier molecular flexibility index (Phi) is 10.9. The van der Waals surface area contributed by atoms with Gasteiger partial charge >= 0.3 is 0 Å². The predicted molar refractivity (Wildman–Crippen MR) is 165 cm³/mol. The molecule has 0 spiro atoms. The molecular formula is C32H35BrCl2N2O3. The van der Waals surface area contributed by atoms with Crippen molar-refractivity contribution in [2.45, 2.75) is 71.0 Å². The average molecular weight is 646 g/mol. The Morgan fingerprint density at radius 3 is 2.23 bits per heavy atom. The van der Waals surface area contributed by atoms with Gasteiger partial charge in [0.05, 0.1) is 0 Å². The molecule has 1 saturated carbocycles. The Morgan fingerprint density at radius 1 is 0.975 bits per heavy atom. The first kappa shape index (κ1) is 30.4. The molecule has 1 atom stereocenters. The van der Waals surface area contributed by atoms with Crippen LogP contribution in [0.1, 0.15) is 54.4 Å². The van der Waals surface area contributed by atoms with Crippen LogP contribution < -0.4 is 10.1 Å². The molecule has 5 nitrogen and oxygen atoms in total. The molecule has 3 aromatic carbocycles. The van der Waals surface area contributed by atoms with Crippen LogP contribution in [0, 0.1) is 13.8 Å². The summed E-state index contributed by atoms with van der Waals surface area (Å²) in [5.74, 6) is 0.0880. The van der Waals surface area contributed by atoms with Crippen LogP contribution in [-0.4, -0.2) is 35.4 Å². The van der Waals surface area contributed by atoms with E-state index < -0.39 is 6.04 Å². The zero-order valence-electron chi connectivity index (χ0n) is 22.9. The maximum Gasteiger partial charge on any atom is 0.261 e. The van der Waals surface area contributed by atoms with Crippen molar-refractivity contribution >= 4 is 50.9 Å². The molecule has 1 fully saturated rings. The van der Waals surface area contributed by atoms with Crippen molar-refractivity contribution in [3.05, 3.63) is 97.4 Å². The highest BCUT2D eigenvalue weighted by Gasteiger charge is 2.33. The lowest BCUT2D eigenvalue weighted by Crippen LogP contribution is -2.53. The monoisotopic (exact) mass is 644 g/mol. The van der Waals surface area contributed by atoms with Crippen molar-refractivity contribution in [2.75, 3.05) is 6.61 Å². The predicted octanol–water partition coefficient (Wildman–Crippen LogP) is 7.84. The number of nitrogens with zero attached hydrogens (tertiary/aromatic N) is 1. The van der Waals surface area contributed by atoms with Gasteiger partial charge in [-0.25, -0.2) is 0 Å². The van der Waals surface area contributed by atoms with E-state index in [1.807, 2.05) is 56.3 Å². The Labute approximate surface area is 255 Å². The first-order valence-corrected chi connectivity index (χ1v) is 15.2. The third kappa shape index (κ3) is 8.02. The molecule has 8 heteroatoms. The number of rotatable bonds is 10.